The van der Waals surface area contributed by atoms with E-state index < -0.39 is 0 Å². The van der Waals surface area contributed by atoms with Crippen molar-refractivity contribution in [3.63, 3.8) is 0 Å². The molecule has 64 valence electrons. The summed E-state index contributed by atoms with van der Waals surface area (Å²) in [6.45, 7) is 7.05. The van der Waals surface area contributed by atoms with Gasteiger partial charge >= 0.3 is 0 Å². The lowest BCUT2D eigenvalue weighted by Crippen LogP contribution is -2.12. The minimum Gasteiger partial charge on any atom is -0.387 e. The van der Waals surface area contributed by atoms with Gasteiger partial charge < -0.3 is 5.32 Å². The van der Waals surface area contributed by atoms with Crippen molar-refractivity contribution >= 4 is 11.6 Å². The van der Waals surface area contributed by atoms with E-state index in [-0.39, 0.29) is 0 Å². The largest absolute Gasteiger partial charge is 0.387 e. The second kappa shape index (κ2) is 6.29. The summed E-state index contributed by atoms with van der Waals surface area (Å²) in [5.41, 5.74) is 1.05. The molecule has 0 amide bonds. The van der Waals surface area contributed by atoms with E-state index in [2.05, 4.69) is 12.2 Å². The Bertz CT molecular complexity index is 159. The smallest absolute Gasteiger partial charge is 0.0589 e. The van der Waals surface area contributed by atoms with Crippen LogP contribution >= 0.6 is 11.6 Å². The van der Waals surface area contributed by atoms with E-state index in [4.69, 9.17) is 11.6 Å². The van der Waals surface area contributed by atoms with Crippen LogP contribution in [-0.4, -0.2) is 6.54 Å². The molecule has 1 N–H and O–H groups in total. The molecule has 0 fully saturated rings. The van der Waals surface area contributed by atoms with E-state index in [1.54, 1.807) is 0 Å². The molecule has 0 rings (SSSR count). The highest BCUT2D eigenvalue weighted by atomic mass is 35.5. The molecule has 0 aromatic carbocycles. The topological polar surface area (TPSA) is 12.0 Å². The average Bonchev–Trinajstić information content (AvgIpc) is 2.00. The molecule has 1 nitrogen and oxygen atoms in total. The van der Waals surface area contributed by atoms with Crippen LogP contribution in [0.3, 0.4) is 0 Å². The predicted octanol–water partition coefficient (Wildman–Crippen LogP) is 3.03. The zero-order chi connectivity index (χ0) is 8.69. The molecule has 0 unspecified atom stereocenters. The van der Waals surface area contributed by atoms with Crippen molar-refractivity contribution in [1.29, 1.82) is 0 Å². The lowest BCUT2D eigenvalue weighted by molar-refractivity contribution is 0.768. The molecule has 2 heteroatoms. The average molecular weight is 174 g/mol. The maximum Gasteiger partial charge on any atom is 0.0589 e. The Kier molecular flexibility index (Phi) is 6.05. The normalized spacial score (nSPS) is 13.5. The maximum absolute atomic E-state index is 5.90. The Hall–Kier alpha value is -0.430. The zero-order valence-electron chi connectivity index (χ0n) is 7.45. The van der Waals surface area contributed by atoms with E-state index in [0.29, 0.717) is 0 Å². The van der Waals surface area contributed by atoms with Gasteiger partial charge in [-0.15, -0.1) is 0 Å². The van der Waals surface area contributed by atoms with E-state index >= 15 is 0 Å². The van der Waals surface area contributed by atoms with Gasteiger partial charge in [0.2, 0.25) is 0 Å². The number of rotatable bonds is 4. The van der Waals surface area contributed by atoms with Gasteiger partial charge in [-0.25, -0.2) is 0 Å². The molecule has 0 saturated heterocycles. The van der Waals surface area contributed by atoms with Crippen molar-refractivity contribution < 1.29 is 0 Å². The molecule has 0 atom stereocenters. The summed E-state index contributed by atoms with van der Waals surface area (Å²) < 4.78 is 0. The van der Waals surface area contributed by atoms with Crippen molar-refractivity contribution in [1.82, 2.24) is 5.32 Å². The van der Waals surface area contributed by atoms with E-state index in [0.717, 1.165) is 23.7 Å². The summed E-state index contributed by atoms with van der Waals surface area (Å²) >= 11 is 5.90. The Morgan fingerprint density at radius 2 is 2.18 bits per heavy atom. The summed E-state index contributed by atoms with van der Waals surface area (Å²) in [5, 5.41) is 4.01. The third-order valence-corrected chi connectivity index (χ3v) is 1.72. The fourth-order valence-electron chi connectivity index (χ4n) is 0.668. The summed E-state index contributed by atoms with van der Waals surface area (Å²) in [5.74, 6) is 0. The molecule has 0 aliphatic rings. The summed E-state index contributed by atoms with van der Waals surface area (Å²) in [4.78, 5) is 0. The Morgan fingerprint density at radius 1 is 1.55 bits per heavy atom. The van der Waals surface area contributed by atoms with Crippen LogP contribution in [0.2, 0.25) is 0 Å². The summed E-state index contributed by atoms with van der Waals surface area (Å²) in [7, 11) is 0. The van der Waals surface area contributed by atoms with Crippen LogP contribution in [0.4, 0.5) is 0 Å². The lowest BCUT2D eigenvalue weighted by atomic mass is 10.3. The van der Waals surface area contributed by atoms with Gasteiger partial charge in [0.25, 0.3) is 0 Å². The van der Waals surface area contributed by atoms with Gasteiger partial charge in [0.15, 0.2) is 0 Å². The first kappa shape index (κ1) is 10.6. The number of halogens is 1. The molecule has 0 aliphatic carbocycles. The van der Waals surface area contributed by atoms with Gasteiger partial charge in [0, 0.05) is 12.2 Å². The van der Waals surface area contributed by atoms with Crippen molar-refractivity contribution in [2.45, 2.75) is 27.2 Å². The number of nitrogens with one attached hydrogen (secondary N) is 1. The lowest BCUT2D eigenvalue weighted by Gasteiger charge is -2.04. The first-order valence-electron chi connectivity index (χ1n) is 3.95. The van der Waals surface area contributed by atoms with E-state index in [1.165, 1.54) is 0 Å². The van der Waals surface area contributed by atoms with Crippen molar-refractivity contribution in [3.05, 3.63) is 22.9 Å². The minimum atomic E-state index is 0.793. The fraction of sp³-hybridized carbons (Fsp3) is 0.556. The summed E-state index contributed by atoms with van der Waals surface area (Å²) in [6.07, 6.45) is 4.94. The first-order chi connectivity index (χ1) is 5.22. The molecular formula is C9H16ClN. The Morgan fingerprint density at radius 3 is 2.64 bits per heavy atom. The Labute approximate surface area is 74.1 Å². The third kappa shape index (κ3) is 4.91. The summed E-state index contributed by atoms with van der Waals surface area (Å²) in [6, 6.07) is 0. The highest BCUT2D eigenvalue weighted by molar-refractivity contribution is 6.31. The first-order valence-corrected chi connectivity index (χ1v) is 4.33. The van der Waals surface area contributed by atoms with Crippen LogP contribution in [0.5, 0.6) is 0 Å². The van der Waals surface area contributed by atoms with Crippen LogP contribution in [-0.2, 0) is 0 Å². The SMILES string of the molecule is C/C=C\C(Cl)=C(/C)NCCC. The Balaban J connectivity index is 3.94. The second-order valence-corrected chi connectivity index (χ2v) is 2.81. The van der Waals surface area contributed by atoms with Crippen LogP contribution in [0, 0.1) is 0 Å². The third-order valence-electron chi connectivity index (χ3n) is 1.31. The van der Waals surface area contributed by atoms with Gasteiger partial charge in [-0.05, 0) is 26.3 Å². The van der Waals surface area contributed by atoms with Crippen LogP contribution in [0.15, 0.2) is 22.9 Å². The molecule has 0 spiro atoms. The molecule has 0 heterocycles. The molecule has 0 aromatic heterocycles. The van der Waals surface area contributed by atoms with Gasteiger partial charge in [-0.1, -0.05) is 24.6 Å². The van der Waals surface area contributed by atoms with Gasteiger partial charge in [0.05, 0.1) is 5.03 Å². The molecule has 0 aliphatic heterocycles. The van der Waals surface area contributed by atoms with Crippen LogP contribution in [0.1, 0.15) is 27.2 Å². The molecule has 0 radical (unpaired) electrons. The number of hydrogen-bond acceptors (Lipinski definition) is 1. The molecule has 0 bridgehead atoms. The molecule has 0 saturated carbocycles. The zero-order valence-corrected chi connectivity index (χ0v) is 8.20. The van der Waals surface area contributed by atoms with Crippen molar-refractivity contribution in [2.24, 2.45) is 0 Å². The standard InChI is InChI=1S/C9H16ClN/c1-4-6-9(10)8(3)11-7-5-2/h4,6,11H,5,7H2,1-3H3/b6-4-,9-8-. The highest BCUT2D eigenvalue weighted by Crippen LogP contribution is 2.07. The maximum atomic E-state index is 5.90. The minimum absolute atomic E-state index is 0.793. The molecular weight excluding hydrogens is 158 g/mol. The fourth-order valence-corrected chi connectivity index (χ4v) is 0.861. The van der Waals surface area contributed by atoms with Gasteiger partial charge in [-0.3, -0.25) is 0 Å². The van der Waals surface area contributed by atoms with Crippen molar-refractivity contribution in [3.8, 4) is 0 Å². The monoisotopic (exact) mass is 173 g/mol. The van der Waals surface area contributed by atoms with Crippen molar-refractivity contribution in [2.75, 3.05) is 6.54 Å². The second-order valence-electron chi connectivity index (χ2n) is 2.40. The number of allylic oxidation sites excluding steroid dienone is 4. The highest BCUT2D eigenvalue weighted by Gasteiger charge is 1.92. The number of hydrogen-bond donors (Lipinski definition) is 1. The van der Waals surface area contributed by atoms with E-state index in [1.807, 2.05) is 26.0 Å². The molecule has 0 aromatic rings. The predicted molar refractivity (Wildman–Crippen MR) is 51.7 cm³/mol. The van der Waals surface area contributed by atoms with Crippen LogP contribution < -0.4 is 5.32 Å². The van der Waals surface area contributed by atoms with Crippen LogP contribution in [0.25, 0.3) is 0 Å². The quantitative estimate of drug-likeness (QED) is 0.645. The van der Waals surface area contributed by atoms with Gasteiger partial charge in [0.1, 0.15) is 0 Å². The van der Waals surface area contributed by atoms with Gasteiger partial charge in [-0.2, -0.15) is 0 Å². The van der Waals surface area contributed by atoms with E-state index in [9.17, 15) is 0 Å². The molecule has 11 heavy (non-hydrogen) atoms.